The molecule has 0 spiro atoms. The Hall–Kier alpha value is -2.16. The van der Waals surface area contributed by atoms with Gasteiger partial charge in [-0.3, -0.25) is 9.59 Å². The molecule has 2 aromatic rings. The van der Waals surface area contributed by atoms with Crippen LogP contribution in [0.3, 0.4) is 0 Å². The average molecular weight is 398 g/mol. The number of sulfonamides is 1. The van der Waals surface area contributed by atoms with Gasteiger partial charge in [-0.05, 0) is 30.7 Å². The molecule has 0 radical (unpaired) electrons. The normalized spacial score (nSPS) is 12.8. The van der Waals surface area contributed by atoms with Gasteiger partial charge in [0.05, 0.1) is 10.9 Å². The summed E-state index contributed by atoms with van der Waals surface area (Å²) in [4.78, 5) is 24.2. The van der Waals surface area contributed by atoms with E-state index < -0.39 is 21.5 Å². The lowest BCUT2D eigenvalue weighted by Gasteiger charge is -2.16. The predicted molar refractivity (Wildman–Crippen MR) is 99.6 cm³/mol. The van der Waals surface area contributed by atoms with E-state index in [-0.39, 0.29) is 17.5 Å². The number of nitrogens with one attached hydrogen (secondary N) is 1. The van der Waals surface area contributed by atoms with E-state index in [9.17, 15) is 18.0 Å². The Balaban J connectivity index is 2.17. The first-order valence-electron chi connectivity index (χ1n) is 7.79. The number of halogens is 1. The molecule has 0 aliphatic rings. The zero-order chi connectivity index (χ0) is 19.5. The summed E-state index contributed by atoms with van der Waals surface area (Å²) in [5.74, 6) is -0.418. The zero-order valence-corrected chi connectivity index (χ0v) is 16.2. The monoisotopic (exact) mass is 397 g/mol. The third-order valence-corrected chi connectivity index (χ3v) is 5.81. The molecule has 0 saturated heterocycles. The number of pyridine rings is 1. The molecule has 1 aromatic heterocycles. The van der Waals surface area contributed by atoms with Crippen LogP contribution in [0.15, 0.2) is 52.3 Å². The SMILES string of the molecule is CC(NC(=O)Cn1cc(S(=O)(=O)N(C)C)ccc1=O)c1cccc(Cl)c1. The minimum Gasteiger partial charge on any atom is -0.348 e. The van der Waals surface area contributed by atoms with E-state index in [1.54, 1.807) is 25.1 Å². The van der Waals surface area contributed by atoms with E-state index in [2.05, 4.69) is 5.32 Å². The summed E-state index contributed by atoms with van der Waals surface area (Å²) in [7, 11) is -0.909. The molecule has 1 heterocycles. The number of hydrogen-bond donors (Lipinski definition) is 1. The first-order chi connectivity index (χ1) is 12.1. The van der Waals surface area contributed by atoms with E-state index in [0.717, 1.165) is 20.5 Å². The molecular weight excluding hydrogens is 378 g/mol. The van der Waals surface area contributed by atoms with Gasteiger partial charge in [-0.15, -0.1) is 0 Å². The quantitative estimate of drug-likeness (QED) is 0.802. The lowest BCUT2D eigenvalue weighted by Crippen LogP contribution is -2.34. The second-order valence-corrected chi connectivity index (χ2v) is 8.55. The third-order valence-electron chi connectivity index (χ3n) is 3.78. The smallest absolute Gasteiger partial charge is 0.251 e. The van der Waals surface area contributed by atoms with Gasteiger partial charge in [-0.25, -0.2) is 12.7 Å². The van der Waals surface area contributed by atoms with Crippen molar-refractivity contribution in [1.82, 2.24) is 14.2 Å². The second kappa shape index (κ2) is 8.03. The van der Waals surface area contributed by atoms with Gasteiger partial charge in [0.25, 0.3) is 5.56 Å². The molecule has 7 nitrogen and oxygen atoms in total. The fourth-order valence-corrected chi connectivity index (χ4v) is 3.42. The van der Waals surface area contributed by atoms with Gasteiger partial charge < -0.3 is 9.88 Å². The van der Waals surface area contributed by atoms with Crippen LogP contribution in [0.2, 0.25) is 5.02 Å². The molecular formula is C17H20ClN3O4S. The van der Waals surface area contributed by atoms with Crippen LogP contribution in [-0.2, 0) is 21.4 Å². The Labute approximate surface area is 157 Å². The van der Waals surface area contributed by atoms with Gasteiger partial charge in [0.2, 0.25) is 15.9 Å². The number of nitrogens with zero attached hydrogens (tertiary/aromatic N) is 2. The molecule has 1 atom stereocenters. The van der Waals surface area contributed by atoms with Crippen molar-refractivity contribution in [3.8, 4) is 0 Å². The van der Waals surface area contributed by atoms with E-state index in [1.165, 1.54) is 26.4 Å². The Morgan fingerprint density at radius 3 is 2.58 bits per heavy atom. The summed E-state index contributed by atoms with van der Waals surface area (Å²) < 4.78 is 26.5. The first kappa shape index (κ1) is 20.2. The maximum Gasteiger partial charge on any atom is 0.251 e. The number of hydrogen-bond acceptors (Lipinski definition) is 4. The van der Waals surface area contributed by atoms with Crippen LogP contribution in [0.1, 0.15) is 18.5 Å². The van der Waals surface area contributed by atoms with Gasteiger partial charge in [0, 0.05) is 31.4 Å². The van der Waals surface area contributed by atoms with E-state index >= 15 is 0 Å². The van der Waals surface area contributed by atoms with Crippen LogP contribution >= 0.6 is 11.6 Å². The largest absolute Gasteiger partial charge is 0.348 e. The fraction of sp³-hybridized carbons (Fsp3) is 0.294. The van der Waals surface area contributed by atoms with Crippen LogP contribution in [0.4, 0.5) is 0 Å². The van der Waals surface area contributed by atoms with Crippen LogP contribution in [0, 0.1) is 0 Å². The number of carbonyl (C=O) groups excluding carboxylic acids is 1. The minimum atomic E-state index is -3.70. The van der Waals surface area contributed by atoms with Crippen molar-refractivity contribution in [1.29, 1.82) is 0 Å². The van der Waals surface area contributed by atoms with E-state index in [1.807, 2.05) is 6.07 Å². The number of benzene rings is 1. The topological polar surface area (TPSA) is 88.5 Å². The van der Waals surface area contributed by atoms with Gasteiger partial charge >= 0.3 is 0 Å². The van der Waals surface area contributed by atoms with Crippen molar-refractivity contribution in [2.75, 3.05) is 14.1 Å². The Morgan fingerprint density at radius 2 is 1.96 bits per heavy atom. The zero-order valence-electron chi connectivity index (χ0n) is 14.6. The van der Waals surface area contributed by atoms with Crippen molar-refractivity contribution < 1.29 is 13.2 Å². The highest BCUT2D eigenvalue weighted by Gasteiger charge is 2.19. The highest BCUT2D eigenvalue weighted by atomic mass is 35.5. The van der Waals surface area contributed by atoms with Crippen molar-refractivity contribution in [3.05, 3.63) is 63.5 Å². The van der Waals surface area contributed by atoms with Gasteiger partial charge in [0.15, 0.2) is 0 Å². The van der Waals surface area contributed by atoms with Crippen molar-refractivity contribution >= 4 is 27.5 Å². The molecule has 140 valence electrons. The maximum atomic E-state index is 12.3. The third kappa shape index (κ3) is 4.72. The number of amides is 1. The van der Waals surface area contributed by atoms with Crippen LogP contribution < -0.4 is 10.9 Å². The fourth-order valence-electron chi connectivity index (χ4n) is 2.30. The van der Waals surface area contributed by atoms with Gasteiger partial charge in [-0.2, -0.15) is 0 Å². The second-order valence-electron chi connectivity index (χ2n) is 5.96. The molecule has 1 N–H and O–H groups in total. The van der Waals surface area contributed by atoms with Crippen molar-refractivity contribution in [2.24, 2.45) is 0 Å². The highest BCUT2D eigenvalue weighted by molar-refractivity contribution is 7.89. The Bertz CT molecular complexity index is 970. The number of aromatic nitrogens is 1. The summed E-state index contributed by atoms with van der Waals surface area (Å²) >= 11 is 5.94. The molecule has 9 heteroatoms. The highest BCUT2D eigenvalue weighted by Crippen LogP contribution is 2.17. The molecule has 0 bridgehead atoms. The lowest BCUT2D eigenvalue weighted by atomic mass is 10.1. The first-order valence-corrected chi connectivity index (χ1v) is 9.61. The minimum absolute atomic E-state index is 0.0576. The van der Waals surface area contributed by atoms with Crippen molar-refractivity contribution in [3.63, 3.8) is 0 Å². The molecule has 1 unspecified atom stereocenters. The molecule has 0 aliphatic carbocycles. The van der Waals surface area contributed by atoms with Crippen molar-refractivity contribution in [2.45, 2.75) is 24.4 Å². The Morgan fingerprint density at radius 1 is 1.27 bits per heavy atom. The summed E-state index contributed by atoms with van der Waals surface area (Å²) in [6.45, 7) is 1.50. The van der Waals surface area contributed by atoms with Gasteiger partial charge in [-0.1, -0.05) is 23.7 Å². The Kier molecular flexibility index (Phi) is 6.22. The predicted octanol–water partition coefficient (Wildman–Crippen LogP) is 1.63. The van der Waals surface area contributed by atoms with E-state index in [0.29, 0.717) is 5.02 Å². The maximum absolute atomic E-state index is 12.3. The molecule has 0 fully saturated rings. The van der Waals surface area contributed by atoms with Crippen LogP contribution in [-0.4, -0.2) is 37.3 Å². The molecule has 0 saturated carbocycles. The average Bonchev–Trinajstić information content (AvgIpc) is 2.56. The number of rotatable bonds is 6. The summed E-state index contributed by atoms with van der Waals surface area (Å²) in [6, 6.07) is 9.11. The standard InChI is InChI=1S/C17H20ClN3O4S/c1-12(13-5-4-6-14(18)9-13)19-16(22)11-21-10-15(7-8-17(21)23)26(24,25)20(2)3/h4-10,12H,11H2,1-3H3,(H,19,22). The van der Waals surface area contributed by atoms with Crippen LogP contribution in [0.5, 0.6) is 0 Å². The molecule has 1 aromatic carbocycles. The lowest BCUT2D eigenvalue weighted by molar-refractivity contribution is -0.122. The molecule has 0 aliphatic heterocycles. The summed E-state index contributed by atoms with van der Waals surface area (Å²) in [6.07, 6.45) is 1.17. The molecule has 26 heavy (non-hydrogen) atoms. The molecule has 2 rings (SSSR count). The number of carbonyl (C=O) groups is 1. The van der Waals surface area contributed by atoms with E-state index in [4.69, 9.17) is 11.6 Å². The van der Waals surface area contributed by atoms with Gasteiger partial charge in [0.1, 0.15) is 6.54 Å². The summed E-state index contributed by atoms with van der Waals surface area (Å²) in [5.41, 5.74) is 0.357. The van der Waals surface area contributed by atoms with Crippen LogP contribution in [0.25, 0.3) is 0 Å². The molecule has 1 amide bonds. The summed E-state index contributed by atoms with van der Waals surface area (Å²) in [5, 5.41) is 3.32.